The number of rotatable bonds is 2. The average molecular weight is 174 g/mol. The zero-order valence-corrected chi connectivity index (χ0v) is 7.08. The van der Waals surface area contributed by atoms with Gasteiger partial charge in [-0.3, -0.25) is 4.79 Å². The number of para-hydroxylation sites is 1. The minimum absolute atomic E-state index is 0.215. The number of benzene rings is 1. The molecule has 13 heavy (non-hydrogen) atoms. The van der Waals surface area contributed by atoms with Crippen molar-refractivity contribution in [1.29, 1.82) is 0 Å². The lowest BCUT2D eigenvalue weighted by Crippen LogP contribution is -2.24. The van der Waals surface area contributed by atoms with E-state index in [0.717, 1.165) is 0 Å². The zero-order valence-electron chi connectivity index (χ0n) is 7.08. The first-order valence-electron chi connectivity index (χ1n) is 3.82. The van der Waals surface area contributed by atoms with E-state index in [-0.39, 0.29) is 12.5 Å². The third-order valence-electron chi connectivity index (χ3n) is 1.56. The highest BCUT2D eigenvalue weighted by atomic mass is 16.1. The molecule has 0 radical (unpaired) electrons. The molecule has 0 aromatic heterocycles. The molecule has 0 unspecified atom stereocenters. The summed E-state index contributed by atoms with van der Waals surface area (Å²) >= 11 is 0. The van der Waals surface area contributed by atoms with Crippen molar-refractivity contribution in [2.45, 2.75) is 0 Å². The van der Waals surface area contributed by atoms with Gasteiger partial charge in [-0.15, -0.1) is 6.42 Å². The lowest BCUT2D eigenvalue weighted by molar-refractivity contribution is 0.0959. The molecule has 1 aromatic rings. The number of hydrogen-bond donors (Lipinski definition) is 2. The van der Waals surface area contributed by atoms with Crippen molar-refractivity contribution in [1.82, 2.24) is 5.32 Å². The molecule has 0 heterocycles. The second-order valence-electron chi connectivity index (χ2n) is 2.47. The molecule has 0 atom stereocenters. The monoisotopic (exact) mass is 174 g/mol. The van der Waals surface area contributed by atoms with Gasteiger partial charge >= 0.3 is 0 Å². The fraction of sp³-hybridized carbons (Fsp3) is 0.100. The first kappa shape index (κ1) is 9.14. The molecule has 3 heteroatoms. The van der Waals surface area contributed by atoms with Gasteiger partial charge in [0.25, 0.3) is 5.91 Å². The number of terminal acetylenes is 1. The molecule has 3 nitrogen and oxygen atoms in total. The van der Waals surface area contributed by atoms with Crippen LogP contribution in [0, 0.1) is 12.3 Å². The molecular formula is C10H10N2O. The van der Waals surface area contributed by atoms with Crippen LogP contribution in [0.1, 0.15) is 10.4 Å². The fourth-order valence-corrected chi connectivity index (χ4v) is 0.930. The molecule has 0 bridgehead atoms. The number of amides is 1. The van der Waals surface area contributed by atoms with Crippen LogP contribution in [0.2, 0.25) is 0 Å². The Morgan fingerprint density at radius 3 is 2.85 bits per heavy atom. The highest BCUT2D eigenvalue weighted by Crippen LogP contribution is 2.09. The molecule has 0 fully saturated rings. The van der Waals surface area contributed by atoms with Crippen LogP contribution >= 0.6 is 0 Å². The molecule has 0 spiro atoms. The van der Waals surface area contributed by atoms with Gasteiger partial charge in [-0.1, -0.05) is 18.1 Å². The lowest BCUT2D eigenvalue weighted by atomic mass is 10.2. The third kappa shape index (κ3) is 2.24. The molecule has 0 saturated heterocycles. The van der Waals surface area contributed by atoms with E-state index in [1.54, 1.807) is 24.3 Å². The Morgan fingerprint density at radius 1 is 1.54 bits per heavy atom. The van der Waals surface area contributed by atoms with E-state index in [1.165, 1.54) is 0 Å². The van der Waals surface area contributed by atoms with Crippen LogP contribution in [0.3, 0.4) is 0 Å². The van der Waals surface area contributed by atoms with Crippen LogP contribution in [-0.2, 0) is 0 Å². The number of nitrogens with one attached hydrogen (secondary N) is 1. The molecule has 66 valence electrons. The molecule has 3 N–H and O–H groups in total. The quantitative estimate of drug-likeness (QED) is 0.510. The predicted octanol–water partition coefficient (Wildman–Crippen LogP) is 0.632. The summed E-state index contributed by atoms with van der Waals surface area (Å²) in [4.78, 5) is 11.3. The summed E-state index contributed by atoms with van der Waals surface area (Å²) in [6.45, 7) is 0.215. The van der Waals surface area contributed by atoms with E-state index in [4.69, 9.17) is 12.2 Å². The summed E-state index contributed by atoms with van der Waals surface area (Å²) < 4.78 is 0. The van der Waals surface area contributed by atoms with Crippen molar-refractivity contribution in [3.05, 3.63) is 29.8 Å². The summed E-state index contributed by atoms with van der Waals surface area (Å²) in [6.07, 6.45) is 5.00. The van der Waals surface area contributed by atoms with Gasteiger partial charge in [0.2, 0.25) is 0 Å². The van der Waals surface area contributed by atoms with E-state index >= 15 is 0 Å². The van der Waals surface area contributed by atoms with Crippen LogP contribution in [-0.4, -0.2) is 12.5 Å². The van der Waals surface area contributed by atoms with Gasteiger partial charge in [-0.2, -0.15) is 0 Å². The number of carbonyl (C=O) groups is 1. The van der Waals surface area contributed by atoms with E-state index in [0.29, 0.717) is 11.3 Å². The second kappa shape index (κ2) is 4.17. The molecule has 1 amide bonds. The molecule has 0 aliphatic heterocycles. The Labute approximate surface area is 76.9 Å². The fourth-order valence-electron chi connectivity index (χ4n) is 0.930. The molecule has 0 aliphatic rings. The van der Waals surface area contributed by atoms with Crippen molar-refractivity contribution in [2.24, 2.45) is 0 Å². The first-order valence-corrected chi connectivity index (χ1v) is 3.82. The molecular weight excluding hydrogens is 164 g/mol. The average Bonchev–Trinajstić information content (AvgIpc) is 2.15. The minimum Gasteiger partial charge on any atom is -0.398 e. The van der Waals surface area contributed by atoms with Gasteiger partial charge < -0.3 is 11.1 Å². The van der Waals surface area contributed by atoms with Gasteiger partial charge in [0.15, 0.2) is 0 Å². The van der Waals surface area contributed by atoms with E-state index in [2.05, 4.69) is 11.2 Å². The van der Waals surface area contributed by atoms with Crippen molar-refractivity contribution >= 4 is 11.6 Å². The Bertz CT molecular complexity index is 352. The zero-order chi connectivity index (χ0) is 9.68. The van der Waals surface area contributed by atoms with Crippen LogP contribution < -0.4 is 11.1 Å². The van der Waals surface area contributed by atoms with Gasteiger partial charge in [0, 0.05) is 5.69 Å². The van der Waals surface area contributed by atoms with Crippen LogP contribution in [0.15, 0.2) is 24.3 Å². The van der Waals surface area contributed by atoms with Gasteiger partial charge in [-0.25, -0.2) is 0 Å². The standard InChI is InChI=1S/C10H10N2O/c1-2-7-12-10(13)8-5-3-4-6-9(8)11/h1,3-6H,7,11H2,(H,12,13). The highest BCUT2D eigenvalue weighted by molar-refractivity contribution is 5.99. The first-order chi connectivity index (χ1) is 6.25. The number of nitrogen functional groups attached to an aromatic ring is 1. The normalized spacial score (nSPS) is 8.85. The summed E-state index contributed by atoms with van der Waals surface area (Å²) in [5, 5.41) is 2.53. The van der Waals surface area contributed by atoms with E-state index in [9.17, 15) is 4.79 Å². The van der Waals surface area contributed by atoms with Crippen LogP contribution in [0.5, 0.6) is 0 Å². The third-order valence-corrected chi connectivity index (χ3v) is 1.56. The molecule has 0 saturated carbocycles. The Kier molecular flexibility index (Phi) is 2.93. The van der Waals surface area contributed by atoms with Crippen molar-refractivity contribution in [3.8, 4) is 12.3 Å². The van der Waals surface area contributed by atoms with Gasteiger partial charge in [-0.05, 0) is 12.1 Å². The smallest absolute Gasteiger partial charge is 0.254 e. The maximum absolute atomic E-state index is 11.3. The Hall–Kier alpha value is -1.95. The largest absolute Gasteiger partial charge is 0.398 e. The van der Waals surface area contributed by atoms with E-state index in [1.807, 2.05) is 0 Å². The van der Waals surface area contributed by atoms with E-state index < -0.39 is 0 Å². The predicted molar refractivity (Wildman–Crippen MR) is 52.0 cm³/mol. The summed E-state index contributed by atoms with van der Waals surface area (Å²) in [6, 6.07) is 6.85. The van der Waals surface area contributed by atoms with Crippen LogP contribution in [0.25, 0.3) is 0 Å². The number of anilines is 1. The number of carbonyl (C=O) groups excluding carboxylic acids is 1. The molecule has 1 aromatic carbocycles. The highest BCUT2D eigenvalue weighted by Gasteiger charge is 2.06. The topological polar surface area (TPSA) is 55.1 Å². The summed E-state index contributed by atoms with van der Waals surface area (Å²) in [5.74, 6) is 2.08. The molecule has 1 rings (SSSR count). The van der Waals surface area contributed by atoms with Gasteiger partial charge in [0.05, 0.1) is 12.1 Å². The number of nitrogens with two attached hydrogens (primary N) is 1. The lowest BCUT2D eigenvalue weighted by Gasteiger charge is -2.03. The summed E-state index contributed by atoms with van der Waals surface area (Å²) in [7, 11) is 0. The maximum atomic E-state index is 11.3. The second-order valence-corrected chi connectivity index (χ2v) is 2.47. The van der Waals surface area contributed by atoms with Crippen LogP contribution in [0.4, 0.5) is 5.69 Å². The Morgan fingerprint density at radius 2 is 2.23 bits per heavy atom. The maximum Gasteiger partial charge on any atom is 0.254 e. The number of hydrogen-bond acceptors (Lipinski definition) is 2. The van der Waals surface area contributed by atoms with Gasteiger partial charge in [0.1, 0.15) is 0 Å². The minimum atomic E-state index is -0.240. The SMILES string of the molecule is C#CCNC(=O)c1ccccc1N. The Balaban J connectivity index is 2.78. The van der Waals surface area contributed by atoms with Crippen molar-refractivity contribution in [2.75, 3.05) is 12.3 Å². The van der Waals surface area contributed by atoms with Crippen molar-refractivity contribution < 1.29 is 4.79 Å². The van der Waals surface area contributed by atoms with Crippen molar-refractivity contribution in [3.63, 3.8) is 0 Å². The summed E-state index contributed by atoms with van der Waals surface area (Å²) in [5.41, 5.74) is 6.49. The molecule has 0 aliphatic carbocycles.